The van der Waals surface area contributed by atoms with Gasteiger partial charge < -0.3 is 5.32 Å². The van der Waals surface area contributed by atoms with Gasteiger partial charge in [0.1, 0.15) is 17.0 Å². The minimum absolute atomic E-state index is 0.803. The molecule has 2 aromatic heterocycles. The molecule has 3 nitrogen and oxygen atoms in total. The number of fused-ring (bicyclic) bond motifs is 1. The number of aromatic nitrogens is 2. The van der Waals surface area contributed by atoms with Gasteiger partial charge in [-0.15, -0.1) is 11.3 Å². The summed E-state index contributed by atoms with van der Waals surface area (Å²) in [7, 11) is 0. The number of nitrogens with one attached hydrogen (secondary N) is 1. The molecule has 4 heteroatoms. The van der Waals surface area contributed by atoms with Crippen LogP contribution in [-0.4, -0.2) is 16.5 Å². The van der Waals surface area contributed by atoms with Crippen LogP contribution in [0.15, 0.2) is 17.8 Å². The predicted octanol–water partition coefficient (Wildman–Crippen LogP) is 3.93. The van der Waals surface area contributed by atoms with Crippen LogP contribution in [0.3, 0.4) is 0 Å². The van der Waals surface area contributed by atoms with Crippen molar-refractivity contribution in [3.63, 3.8) is 0 Å². The summed E-state index contributed by atoms with van der Waals surface area (Å²) in [4.78, 5) is 9.72. The third-order valence-corrected chi connectivity index (χ3v) is 4.69. The van der Waals surface area contributed by atoms with Crippen molar-refractivity contribution in [2.45, 2.75) is 32.6 Å². The number of anilines is 1. The summed E-state index contributed by atoms with van der Waals surface area (Å²) in [5.74, 6) is 2.69. The Morgan fingerprint density at radius 1 is 1.39 bits per heavy atom. The van der Waals surface area contributed by atoms with Crippen LogP contribution in [0.4, 0.5) is 5.82 Å². The molecule has 1 saturated carbocycles. The maximum atomic E-state index is 4.37. The smallest absolute Gasteiger partial charge is 0.138 e. The number of thiophene rings is 1. The number of hydrogen-bond acceptors (Lipinski definition) is 4. The molecule has 1 fully saturated rings. The van der Waals surface area contributed by atoms with Crippen molar-refractivity contribution in [3.8, 4) is 0 Å². The lowest BCUT2D eigenvalue weighted by molar-refractivity contribution is 0.293. The Morgan fingerprint density at radius 2 is 2.33 bits per heavy atom. The van der Waals surface area contributed by atoms with Crippen LogP contribution < -0.4 is 5.32 Å². The molecule has 0 radical (unpaired) electrons. The zero-order valence-corrected chi connectivity index (χ0v) is 11.5. The molecule has 18 heavy (non-hydrogen) atoms. The highest BCUT2D eigenvalue weighted by molar-refractivity contribution is 7.16. The quantitative estimate of drug-likeness (QED) is 0.909. The van der Waals surface area contributed by atoms with Gasteiger partial charge in [-0.3, -0.25) is 0 Å². The van der Waals surface area contributed by atoms with Crippen LogP contribution in [0.1, 0.15) is 32.6 Å². The summed E-state index contributed by atoms with van der Waals surface area (Å²) < 4.78 is 0. The highest BCUT2D eigenvalue weighted by Crippen LogP contribution is 2.29. The third-order valence-electron chi connectivity index (χ3n) is 3.86. The average Bonchev–Trinajstić information content (AvgIpc) is 2.85. The molecular formula is C14H19N3S. The van der Waals surface area contributed by atoms with Crippen molar-refractivity contribution >= 4 is 27.4 Å². The van der Waals surface area contributed by atoms with Crippen molar-refractivity contribution < 1.29 is 0 Å². The standard InChI is InChI=1S/C14H19N3S/c1-10-3-2-4-11(7-10)8-15-13-12-5-6-18-14(12)17-9-16-13/h5-6,9-11H,2-4,7-8H2,1H3,(H,15,16,17). The minimum Gasteiger partial charge on any atom is -0.369 e. The summed E-state index contributed by atoms with van der Waals surface area (Å²) in [5, 5.41) is 6.75. The van der Waals surface area contributed by atoms with Crippen molar-refractivity contribution in [2.75, 3.05) is 11.9 Å². The summed E-state index contributed by atoms with van der Waals surface area (Å²) >= 11 is 1.67. The lowest BCUT2D eigenvalue weighted by Gasteiger charge is -2.26. The van der Waals surface area contributed by atoms with Crippen LogP contribution in [-0.2, 0) is 0 Å². The second-order valence-electron chi connectivity index (χ2n) is 5.38. The molecule has 2 atom stereocenters. The monoisotopic (exact) mass is 261 g/mol. The molecule has 96 valence electrons. The lowest BCUT2D eigenvalue weighted by Crippen LogP contribution is -2.21. The van der Waals surface area contributed by atoms with Gasteiger partial charge in [-0.05, 0) is 36.1 Å². The number of rotatable bonds is 3. The molecule has 1 N–H and O–H groups in total. The van der Waals surface area contributed by atoms with E-state index in [0.717, 1.165) is 34.4 Å². The number of nitrogens with zero attached hydrogens (tertiary/aromatic N) is 2. The van der Waals surface area contributed by atoms with E-state index >= 15 is 0 Å². The molecule has 0 bridgehead atoms. The first-order valence-electron chi connectivity index (χ1n) is 6.75. The Labute approximate surface area is 112 Å². The molecule has 3 rings (SSSR count). The van der Waals surface area contributed by atoms with E-state index in [2.05, 4.69) is 33.7 Å². The molecule has 2 aromatic rings. The van der Waals surface area contributed by atoms with Crippen molar-refractivity contribution in [1.29, 1.82) is 0 Å². The van der Waals surface area contributed by atoms with Gasteiger partial charge in [-0.2, -0.15) is 0 Å². The first-order valence-corrected chi connectivity index (χ1v) is 7.63. The van der Waals surface area contributed by atoms with Gasteiger partial charge in [0.15, 0.2) is 0 Å². The lowest BCUT2D eigenvalue weighted by atomic mass is 9.82. The van der Waals surface area contributed by atoms with Crippen molar-refractivity contribution in [1.82, 2.24) is 9.97 Å². The Bertz CT molecular complexity index is 522. The van der Waals surface area contributed by atoms with Crippen molar-refractivity contribution in [3.05, 3.63) is 17.8 Å². The van der Waals surface area contributed by atoms with E-state index in [-0.39, 0.29) is 0 Å². The molecule has 1 aliphatic carbocycles. The molecule has 0 aromatic carbocycles. The van der Waals surface area contributed by atoms with Crippen LogP contribution in [0.25, 0.3) is 10.2 Å². The molecule has 2 heterocycles. The Hall–Kier alpha value is -1.16. The SMILES string of the molecule is CC1CCCC(CNc2ncnc3sccc23)C1. The van der Waals surface area contributed by atoms with E-state index in [9.17, 15) is 0 Å². The van der Waals surface area contributed by atoms with Crippen LogP contribution in [0.5, 0.6) is 0 Å². The van der Waals surface area contributed by atoms with Crippen LogP contribution in [0.2, 0.25) is 0 Å². The summed E-state index contributed by atoms with van der Waals surface area (Å²) in [6.45, 7) is 3.42. The third kappa shape index (κ3) is 2.48. The van der Waals surface area contributed by atoms with E-state index < -0.39 is 0 Å². The molecular weight excluding hydrogens is 242 g/mol. The molecule has 0 amide bonds. The molecule has 0 aliphatic heterocycles. The number of hydrogen-bond donors (Lipinski definition) is 1. The van der Waals surface area contributed by atoms with Gasteiger partial charge in [0, 0.05) is 6.54 Å². The minimum atomic E-state index is 0.803. The molecule has 0 spiro atoms. The molecule has 0 saturated heterocycles. The summed E-state index contributed by atoms with van der Waals surface area (Å²) in [6.07, 6.45) is 7.15. The fourth-order valence-electron chi connectivity index (χ4n) is 2.92. The van der Waals surface area contributed by atoms with E-state index in [1.165, 1.54) is 25.7 Å². The largest absolute Gasteiger partial charge is 0.369 e. The Morgan fingerprint density at radius 3 is 3.22 bits per heavy atom. The van der Waals surface area contributed by atoms with Gasteiger partial charge >= 0.3 is 0 Å². The Balaban J connectivity index is 1.67. The maximum Gasteiger partial charge on any atom is 0.138 e. The first kappa shape index (κ1) is 11.9. The van der Waals surface area contributed by atoms with Crippen LogP contribution in [0, 0.1) is 11.8 Å². The highest BCUT2D eigenvalue weighted by atomic mass is 32.1. The van der Waals surface area contributed by atoms with Gasteiger partial charge in [-0.25, -0.2) is 9.97 Å². The van der Waals surface area contributed by atoms with Gasteiger partial charge in [-0.1, -0.05) is 19.8 Å². The normalized spacial score (nSPS) is 24.3. The second-order valence-corrected chi connectivity index (χ2v) is 6.27. The van der Waals surface area contributed by atoms with Crippen LogP contribution >= 0.6 is 11.3 Å². The summed E-state index contributed by atoms with van der Waals surface area (Å²) in [5.41, 5.74) is 0. The van der Waals surface area contributed by atoms with E-state index in [4.69, 9.17) is 0 Å². The predicted molar refractivity (Wildman–Crippen MR) is 77.0 cm³/mol. The second kappa shape index (κ2) is 5.22. The molecule has 2 unspecified atom stereocenters. The highest BCUT2D eigenvalue weighted by Gasteiger charge is 2.18. The summed E-state index contributed by atoms with van der Waals surface area (Å²) in [6, 6.07) is 2.10. The zero-order chi connectivity index (χ0) is 12.4. The van der Waals surface area contributed by atoms with Crippen molar-refractivity contribution in [2.24, 2.45) is 11.8 Å². The van der Waals surface area contributed by atoms with Gasteiger partial charge in [0.25, 0.3) is 0 Å². The van der Waals surface area contributed by atoms with Gasteiger partial charge in [0.2, 0.25) is 0 Å². The topological polar surface area (TPSA) is 37.8 Å². The Kier molecular flexibility index (Phi) is 3.46. The van der Waals surface area contributed by atoms with E-state index in [0.29, 0.717) is 0 Å². The average molecular weight is 261 g/mol. The van der Waals surface area contributed by atoms with Gasteiger partial charge in [0.05, 0.1) is 5.39 Å². The fourth-order valence-corrected chi connectivity index (χ4v) is 3.65. The maximum absolute atomic E-state index is 4.37. The fraction of sp³-hybridized carbons (Fsp3) is 0.571. The van der Waals surface area contributed by atoms with E-state index in [1.807, 2.05) is 0 Å². The molecule has 1 aliphatic rings. The van der Waals surface area contributed by atoms with E-state index in [1.54, 1.807) is 17.7 Å². The zero-order valence-electron chi connectivity index (χ0n) is 10.7. The first-order chi connectivity index (χ1) is 8.83.